The van der Waals surface area contributed by atoms with Gasteiger partial charge in [-0.1, -0.05) is 0 Å². The van der Waals surface area contributed by atoms with Gasteiger partial charge in [-0.25, -0.2) is 0 Å². The van der Waals surface area contributed by atoms with E-state index in [0.717, 1.165) is 45.6 Å². The maximum Gasteiger partial charge on any atom is 0.228 e. The van der Waals surface area contributed by atoms with E-state index in [4.69, 9.17) is 4.74 Å². The maximum atomic E-state index is 12.0. The van der Waals surface area contributed by atoms with Crippen LogP contribution in [0.5, 0.6) is 0 Å². The molecule has 0 aromatic carbocycles. The van der Waals surface area contributed by atoms with Gasteiger partial charge in [0.2, 0.25) is 5.91 Å². The SMILES string of the molecule is O=C(C1CCOC1)N1CCCNCC1. The number of hydrogen-bond acceptors (Lipinski definition) is 3. The van der Waals surface area contributed by atoms with Gasteiger partial charge < -0.3 is 15.0 Å². The second-order valence-corrected chi connectivity index (χ2v) is 3.99. The highest BCUT2D eigenvalue weighted by atomic mass is 16.5. The summed E-state index contributed by atoms with van der Waals surface area (Å²) in [6.45, 7) is 5.10. The monoisotopic (exact) mass is 198 g/mol. The molecular weight excluding hydrogens is 180 g/mol. The normalized spacial score (nSPS) is 28.9. The zero-order chi connectivity index (χ0) is 9.80. The van der Waals surface area contributed by atoms with E-state index in [0.29, 0.717) is 12.5 Å². The van der Waals surface area contributed by atoms with Gasteiger partial charge in [-0.15, -0.1) is 0 Å². The Kier molecular flexibility index (Phi) is 3.37. The average Bonchev–Trinajstić information content (AvgIpc) is 2.59. The van der Waals surface area contributed by atoms with Gasteiger partial charge in [-0.2, -0.15) is 0 Å². The minimum atomic E-state index is 0.132. The van der Waals surface area contributed by atoms with Crippen LogP contribution >= 0.6 is 0 Å². The van der Waals surface area contributed by atoms with Crippen molar-refractivity contribution in [2.45, 2.75) is 12.8 Å². The molecule has 4 heteroatoms. The van der Waals surface area contributed by atoms with Crippen molar-refractivity contribution in [3.05, 3.63) is 0 Å². The van der Waals surface area contributed by atoms with E-state index in [1.54, 1.807) is 0 Å². The molecule has 0 aliphatic carbocycles. The summed E-state index contributed by atoms with van der Waals surface area (Å²) in [6.07, 6.45) is 1.97. The first-order valence-electron chi connectivity index (χ1n) is 5.45. The Bertz CT molecular complexity index is 194. The minimum Gasteiger partial charge on any atom is -0.381 e. The summed E-state index contributed by atoms with van der Waals surface area (Å²) in [5.41, 5.74) is 0. The van der Waals surface area contributed by atoms with Crippen LogP contribution < -0.4 is 5.32 Å². The summed E-state index contributed by atoms with van der Waals surface area (Å²) in [6, 6.07) is 0. The molecule has 0 saturated carbocycles. The number of carbonyl (C=O) groups excluding carboxylic acids is 1. The van der Waals surface area contributed by atoms with Crippen LogP contribution in [0.1, 0.15) is 12.8 Å². The first kappa shape index (κ1) is 9.93. The van der Waals surface area contributed by atoms with Crippen LogP contribution in [0.2, 0.25) is 0 Å². The Morgan fingerprint density at radius 2 is 2.29 bits per heavy atom. The predicted molar refractivity (Wildman–Crippen MR) is 53.0 cm³/mol. The fourth-order valence-corrected chi connectivity index (χ4v) is 2.05. The lowest BCUT2D eigenvalue weighted by Gasteiger charge is -2.22. The topological polar surface area (TPSA) is 41.6 Å². The van der Waals surface area contributed by atoms with E-state index in [1.807, 2.05) is 4.90 Å². The lowest BCUT2D eigenvalue weighted by Crippen LogP contribution is -2.38. The Balaban J connectivity index is 1.88. The third-order valence-corrected chi connectivity index (χ3v) is 2.93. The van der Waals surface area contributed by atoms with Gasteiger partial charge >= 0.3 is 0 Å². The van der Waals surface area contributed by atoms with Crippen LogP contribution in [0.3, 0.4) is 0 Å². The van der Waals surface area contributed by atoms with E-state index in [2.05, 4.69) is 5.32 Å². The van der Waals surface area contributed by atoms with Crippen molar-refractivity contribution >= 4 is 5.91 Å². The number of hydrogen-bond donors (Lipinski definition) is 1. The summed E-state index contributed by atoms with van der Waals surface area (Å²) in [5, 5.41) is 3.30. The highest BCUT2D eigenvalue weighted by Gasteiger charge is 2.27. The Hall–Kier alpha value is -0.610. The number of nitrogens with zero attached hydrogens (tertiary/aromatic N) is 1. The number of carbonyl (C=O) groups is 1. The summed E-state index contributed by atoms with van der Waals surface area (Å²) < 4.78 is 5.24. The predicted octanol–water partition coefficient (Wildman–Crippen LogP) is -0.155. The van der Waals surface area contributed by atoms with E-state index in [1.165, 1.54) is 0 Å². The molecule has 0 aromatic rings. The van der Waals surface area contributed by atoms with Crippen molar-refractivity contribution in [1.29, 1.82) is 0 Å². The summed E-state index contributed by atoms with van der Waals surface area (Å²) in [4.78, 5) is 14.0. The molecule has 1 unspecified atom stereocenters. The molecule has 2 rings (SSSR count). The Labute approximate surface area is 84.6 Å². The molecule has 80 valence electrons. The molecule has 1 amide bonds. The third kappa shape index (κ3) is 2.25. The molecule has 2 aliphatic rings. The zero-order valence-corrected chi connectivity index (χ0v) is 8.50. The summed E-state index contributed by atoms with van der Waals surface area (Å²) >= 11 is 0. The first-order chi connectivity index (χ1) is 6.88. The van der Waals surface area contributed by atoms with Crippen molar-refractivity contribution in [3.8, 4) is 0 Å². The minimum absolute atomic E-state index is 0.132. The molecule has 1 N–H and O–H groups in total. The average molecular weight is 198 g/mol. The highest BCUT2D eigenvalue weighted by Crippen LogP contribution is 2.15. The van der Waals surface area contributed by atoms with E-state index < -0.39 is 0 Å². The molecule has 2 saturated heterocycles. The number of ether oxygens (including phenoxy) is 1. The van der Waals surface area contributed by atoms with Crippen molar-refractivity contribution in [3.63, 3.8) is 0 Å². The van der Waals surface area contributed by atoms with Gasteiger partial charge in [-0.3, -0.25) is 4.79 Å². The van der Waals surface area contributed by atoms with E-state index >= 15 is 0 Å². The van der Waals surface area contributed by atoms with Gasteiger partial charge in [0.1, 0.15) is 0 Å². The second-order valence-electron chi connectivity index (χ2n) is 3.99. The summed E-state index contributed by atoms with van der Waals surface area (Å²) in [5.74, 6) is 0.430. The van der Waals surface area contributed by atoms with Crippen LogP contribution in [-0.4, -0.2) is 50.2 Å². The molecule has 2 fully saturated rings. The smallest absolute Gasteiger partial charge is 0.228 e. The molecular formula is C10H18N2O2. The third-order valence-electron chi connectivity index (χ3n) is 2.93. The molecule has 0 bridgehead atoms. The van der Waals surface area contributed by atoms with Gasteiger partial charge in [0.05, 0.1) is 12.5 Å². The molecule has 14 heavy (non-hydrogen) atoms. The lowest BCUT2D eigenvalue weighted by atomic mass is 10.1. The number of amides is 1. The van der Waals surface area contributed by atoms with Gasteiger partial charge in [0.15, 0.2) is 0 Å². The van der Waals surface area contributed by atoms with Crippen LogP contribution in [0, 0.1) is 5.92 Å². The molecule has 4 nitrogen and oxygen atoms in total. The van der Waals surface area contributed by atoms with Crippen molar-refractivity contribution in [1.82, 2.24) is 10.2 Å². The maximum absolute atomic E-state index is 12.0. The number of rotatable bonds is 1. The molecule has 1 atom stereocenters. The van der Waals surface area contributed by atoms with Crippen LogP contribution in [-0.2, 0) is 9.53 Å². The van der Waals surface area contributed by atoms with Crippen molar-refractivity contribution in [2.24, 2.45) is 5.92 Å². The standard InChI is InChI=1S/C10H18N2O2/c13-10(9-2-7-14-8-9)12-5-1-3-11-4-6-12/h9,11H,1-8H2. The van der Waals surface area contributed by atoms with E-state index in [-0.39, 0.29) is 5.92 Å². The Morgan fingerprint density at radius 3 is 3.07 bits per heavy atom. The van der Waals surface area contributed by atoms with Gasteiger partial charge in [0, 0.05) is 26.2 Å². The first-order valence-corrected chi connectivity index (χ1v) is 5.45. The van der Waals surface area contributed by atoms with Crippen molar-refractivity contribution in [2.75, 3.05) is 39.4 Å². The van der Waals surface area contributed by atoms with E-state index in [9.17, 15) is 4.79 Å². The largest absolute Gasteiger partial charge is 0.381 e. The van der Waals surface area contributed by atoms with Gasteiger partial charge in [0.25, 0.3) is 0 Å². The van der Waals surface area contributed by atoms with Crippen LogP contribution in [0.4, 0.5) is 0 Å². The summed E-state index contributed by atoms with van der Waals surface area (Å²) in [7, 11) is 0. The quantitative estimate of drug-likeness (QED) is 0.637. The van der Waals surface area contributed by atoms with Crippen LogP contribution in [0.15, 0.2) is 0 Å². The molecule has 0 aromatic heterocycles. The molecule has 0 spiro atoms. The molecule has 0 radical (unpaired) electrons. The zero-order valence-electron chi connectivity index (χ0n) is 8.50. The number of nitrogens with one attached hydrogen (secondary N) is 1. The molecule has 2 heterocycles. The fraction of sp³-hybridized carbons (Fsp3) is 0.900. The second kappa shape index (κ2) is 4.75. The lowest BCUT2D eigenvalue weighted by molar-refractivity contribution is -0.135. The Morgan fingerprint density at radius 1 is 1.36 bits per heavy atom. The fourth-order valence-electron chi connectivity index (χ4n) is 2.05. The van der Waals surface area contributed by atoms with Crippen molar-refractivity contribution < 1.29 is 9.53 Å². The van der Waals surface area contributed by atoms with Gasteiger partial charge in [-0.05, 0) is 19.4 Å². The molecule has 2 aliphatic heterocycles. The highest BCUT2D eigenvalue weighted by molar-refractivity contribution is 5.79. The van der Waals surface area contributed by atoms with Crippen LogP contribution in [0.25, 0.3) is 0 Å².